The van der Waals surface area contributed by atoms with Gasteiger partial charge in [0.25, 0.3) is 10.2 Å². The highest BCUT2D eigenvalue weighted by Crippen LogP contribution is 2.31. The molecule has 6 nitrogen and oxygen atoms in total. The SMILES string of the molecule is COc1ccc2c(c1)OC[C@H](CNS(=O)(=O)N1CCC(C)CC1)C2. The molecule has 7 heteroatoms. The number of hydrogen-bond donors (Lipinski definition) is 1. The van der Waals surface area contributed by atoms with Crippen molar-refractivity contribution >= 4 is 10.2 Å². The summed E-state index contributed by atoms with van der Waals surface area (Å²) in [6.45, 7) is 4.31. The number of methoxy groups -OCH3 is 1. The van der Waals surface area contributed by atoms with Crippen LogP contribution in [0.1, 0.15) is 25.3 Å². The zero-order chi connectivity index (χ0) is 17.2. The van der Waals surface area contributed by atoms with Crippen molar-refractivity contribution in [3.63, 3.8) is 0 Å². The highest BCUT2D eigenvalue weighted by atomic mass is 32.2. The number of hydrogen-bond acceptors (Lipinski definition) is 4. The van der Waals surface area contributed by atoms with Crippen LogP contribution in [0, 0.1) is 11.8 Å². The molecular formula is C17H26N2O4S. The van der Waals surface area contributed by atoms with Crippen LogP contribution in [-0.2, 0) is 16.6 Å². The van der Waals surface area contributed by atoms with E-state index in [9.17, 15) is 8.42 Å². The molecule has 2 aliphatic heterocycles. The van der Waals surface area contributed by atoms with Crippen LogP contribution in [0.2, 0.25) is 0 Å². The van der Waals surface area contributed by atoms with E-state index in [4.69, 9.17) is 9.47 Å². The average molecular weight is 354 g/mol. The van der Waals surface area contributed by atoms with Crippen molar-refractivity contribution < 1.29 is 17.9 Å². The van der Waals surface area contributed by atoms with E-state index in [1.165, 1.54) is 0 Å². The van der Waals surface area contributed by atoms with Crippen LogP contribution in [0.15, 0.2) is 18.2 Å². The predicted octanol–water partition coefficient (Wildman–Crippen LogP) is 1.81. The van der Waals surface area contributed by atoms with Crippen LogP contribution in [0.4, 0.5) is 0 Å². The van der Waals surface area contributed by atoms with Gasteiger partial charge in [0.2, 0.25) is 0 Å². The van der Waals surface area contributed by atoms with Crippen molar-refractivity contribution in [1.29, 1.82) is 0 Å². The molecule has 1 aromatic rings. The van der Waals surface area contributed by atoms with E-state index in [0.29, 0.717) is 32.2 Å². The molecule has 0 aromatic heterocycles. The first kappa shape index (κ1) is 17.5. The van der Waals surface area contributed by atoms with Gasteiger partial charge in [-0.25, -0.2) is 4.72 Å². The Morgan fingerprint density at radius 3 is 2.79 bits per heavy atom. The van der Waals surface area contributed by atoms with E-state index < -0.39 is 10.2 Å². The van der Waals surface area contributed by atoms with Gasteiger partial charge in [0, 0.05) is 31.6 Å². The van der Waals surface area contributed by atoms with Crippen molar-refractivity contribution in [2.75, 3.05) is 33.4 Å². The molecule has 3 rings (SSSR count). The molecule has 0 radical (unpaired) electrons. The van der Waals surface area contributed by atoms with E-state index in [2.05, 4.69) is 11.6 Å². The molecule has 1 fully saturated rings. The number of piperidine rings is 1. The number of nitrogens with one attached hydrogen (secondary N) is 1. The number of nitrogens with zero attached hydrogens (tertiary/aromatic N) is 1. The molecule has 2 heterocycles. The number of fused-ring (bicyclic) bond motifs is 1. The van der Waals surface area contributed by atoms with Gasteiger partial charge in [0.05, 0.1) is 13.7 Å². The molecule has 0 unspecified atom stereocenters. The first-order valence-electron chi connectivity index (χ1n) is 8.52. The number of ether oxygens (including phenoxy) is 2. The maximum Gasteiger partial charge on any atom is 0.279 e. The van der Waals surface area contributed by atoms with Gasteiger partial charge >= 0.3 is 0 Å². The van der Waals surface area contributed by atoms with Crippen LogP contribution in [0.3, 0.4) is 0 Å². The molecule has 0 bridgehead atoms. The fourth-order valence-electron chi connectivity index (χ4n) is 3.21. The third-order valence-corrected chi connectivity index (χ3v) is 6.47. The van der Waals surface area contributed by atoms with Gasteiger partial charge in [-0.15, -0.1) is 0 Å². The minimum absolute atomic E-state index is 0.143. The van der Waals surface area contributed by atoms with Crippen LogP contribution in [0.5, 0.6) is 11.5 Å². The normalized spacial score (nSPS) is 22.7. The summed E-state index contributed by atoms with van der Waals surface area (Å²) < 4.78 is 40.1. The smallest absolute Gasteiger partial charge is 0.279 e. The zero-order valence-electron chi connectivity index (χ0n) is 14.3. The van der Waals surface area contributed by atoms with Crippen molar-refractivity contribution in [2.45, 2.75) is 26.2 Å². The monoisotopic (exact) mass is 354 g/mol. The molecule has 0 spiro atoms. The van der Waals surface area contributed by atoms with E-state index in [0.717, 1.165) is 36.3 Å². The zero-order valence-corrected chi connectivity index (χ0v) is 15.1. The van der Waals surface area contributed by atoms with Crippen molar-refractivity contribution in [3.05, 3.63) is 23.8 Å². The highest BCUT2D eigenvalue weighted by Gasteiger charge is 2.28. The Bertz CT molecular complexity index is 669. The van der Waals surface area contributed by atoms with Crippen molar-refractivity contribution in [2.24, 2.45) is 11.8 Å². The molecule has 0 amide bonds. The Kier molecular flexibility index (Phi) is 5.32. The standard InChI is InChI=1S/C17H26N2O4S/c1-13-5-7-19(8-6-13)24(20,21)18-11-14-9-15-3-4-16(22-2)10-17(15)23-12-14/h3-4,10,13-14,18H,5-9,11-12H2,1-2H3/t14-/m0/s1. The summed E-state index contributed by atoms with van der Waals surface area (Å²) in [5.41, 5.74) is 1.10. The lowest BCUT2D eigenvalue weighted by molar-refractivity contribution is 0.220. The minimum atomic E-state index is -3.39. The van der Waals surface area contributed by atoms with Gasteiger partial charge in [-0.1, -0.05) is 13.0 Å². The molecular weight excluding hydrogens is 328 g/mol. The van der Waals surface area contributed by atoms with Crippen LogP contribution in [-0.4, -0.2) is 46.1 Å². The molecule has 1 atom stereocenters. The van der Waals surface area contributed by atoms with Crippen molar-refractivity contribution in [1.82, 2.24) is 9.03 Å². The summed E-state index contributed by atoms with van der Waals surface area (Å²) in [6.07, 6.45) is 2.67. The van der Waals surface area contributed by atoms with Gasteiger partial charge in [-0.3, -0.25) is 0 Å². The second-order valence-corrected chi connectivity index (χ2v) is 8.55. The molecule has 24 heavy (non-hydrogen) atoms. The maximum absolute atomic E-state index is 12.4. The van der Waals surface area contributed by atoms with E-state index in [1.54, 1.807) is 11.4 Å². The van der Waals surface area contributed by atoms with Gasteiger partial charge in [0.15, 0.2) is 0 Å². The molecule has 1 aromatic carbocycles. The molecule has 0 aliphatic carbocycles. The van der Waals surface area contributed by atoms with E-state index in [-0.39, 0.29) is 5.92 Å². The first-order chi connectivity index (χ1) is 11.5. The highest BCUT2D eigenvalue weighted by molar-refractivity contribution is 7.87. The lowest BCUT2D eigenvalue weighted by Gasteiger charge is -2.31. The van der Waals surface area contributed by atoms with Crippen LogP contribution in [0.25, 0.3) is 0 Å². The summed E-state index contributed by atoms with van der Waals surface area (Å²) in [5, 5.41) is 0. The second kappa shape index (κ2) is 7.29. The third kappa shape index (κ3) is 4.02. The molecule has 0 saturated carbocycles. The Hall–Kier alpha value is -1.31. The Morgan fingerprint density at radius 2 is 2.08 bits per heavy atom. The van der Waals surface area contributed by atoms with Gasteiger partial charge in [-0.05, 0) is 36.8 Å². The fraction of sp³-hybridized carbons (Fsp3) is 0.647. The van der Waals surface area contributed by atoms with Crippen LogP contribution < -0.4 is 14.2 Å². The second-order valence-electron chi connectivity index (χ2n) is 6.79. The Balaban J connectivity index is 1.55. The number of rotatable bonds is 5. The lowest BCUT2D eigenvalue weighted by atomic mass is 9.97. The lowest BCUT2D eigenvalue weighted by Crippen LogP contribution is -2.46. The van der Waals surface area contributed by atoms with Crippen molar-refractivity contribution in [3.8, 4) is 11.5 Å². The summed E-state index contributed by atoms with van der Waals surface area (Å²) in [6, 6.07) is 5.77. The predicted molar refractivity (Wildman–Crippen MR) is 92.6 cm³/mol. The minimum Gasteiger partial charge on any atom is -0.497 e. The van der Waals surface area contributed by atoms with E-state index >= 15 is 0 Å². The fourth-order valence-corrected chi connectivity index (χ4v) is 4.53. The quantitative estimate of drug-likeness (QED) is 0.876. The maximum atomic E-state index is 12.4. The van der Waals surface area contributed by atoms with Crippen LogP contribution >= 0.6 is 0 Å². The summed E-state index contributed by atoms with van der Waals surface area (Å²) >= 11 is 0. The molecule has 1 saturated heterocycles. The third-order valence-electron chi connectivity index (χ3n) is 4.89. The summed E-state index contributed by atoms with van der Waals surface area (Å²) in [4.78, 5) is 0. The topological polar surface area (TPSA) is 67.9 Å². The molecule has 1 N–H and O–H groups in total. The van der Waals surface area contributed by atoms with Gasteiger partial charge in [-0.2, -0.15) is 12.7 Å². The number of benzene rings is 1. The molecule has 134 valence electrons. The first-order valence-corrected chi connectivity index (χ1v) is 9.96. The Morgan fingerprint density at radius 1 is 1.33 bits per heavy atom. The van der Waals surface area contributed by atoms with Gasteiger partial charge < -0.3 is 9.47 Å². The summed E-state index contributed by atoms with van der Waals surface area (Å²) in [7, 11) is -1.76. The van der Waals surface area contributed by atoms with Gasteiger partial charge in [0.1, 0.15) is 11.5 Å². The molecule has 2 aliphatic rings. The van der Waals surface area contributed by atoms with E-state index in [1.807, 2.05) is 18.2 Å². The Labute approximate surface area is 144 Å². The average Bonchev–Trinajstić information content (AvgIpc) is 2.60. The summed E-state index contributed by atoms with van der Waals surface area (Å²) in [5.74, 6) is 2.35. The largest absolute Gasteiger partial charge is 0.497 e.